The topological polar surface area (TPSA) is 70.2 Å². The summed E-state index contributed by atoms with van der Waals surface area (Å²) in [5.41, 5.74) is 3.62. The van der Waals surface area contributed by atoms with Gasteiger partial charge in [-0.1, -0.05) is 52.0 Å². The van der Waals surface area contributed by atoms with Crippen molar-refractivity contribution in [3.05, 3.63) is 65.7 Å². The minimum Gasteiger partial charge on any atom is -0.332 e. The van der Waals surface area contributed by atoms with Crippen LogP contribution in [0.1, 0.15) is 44.7 Å². The Balaban J connectivity index is 1.85. The predicted molar refractivity (Wildman–Crippen MR) is 124 cm³/mol. The third-order valence-electron chi connectivity index (χ3n) is 4.20. The summed E-state index contributed by atoms with van der Waals surface area (Å²) in [5, 5.41) is 8.58. The van der Waals surface area contributed by atoms with E-state index in [0.29, 0.717) is 17.3 Å². The molecule has 152 valence electrons. The smallest absolute Gasteiger partial charge is 0.250 e. The lowest BCUT2D eigenvalue weighted by molar-refractivity contribution is -0.119. The van der Waals surface area contributed by atoms with Gasteiger partial charge in [0.2, 0.25) is 11.8 Å². The molecule has 0 unspecified atom stereocenters. The molecule has 0 heterocycles. The standard InChI is InChI=1S/C23H27N3O2S/c1-15(2)18-8-5-17(6-9-18)7-14-21(27)26-23(29)25-20-12-10-19(11-13-20)24-22(28)16(3)4/h5-16H,1-4H3,(H,24,28)(H2,25,26,27,29). The normalized spacial score (nSPS) is 11.0. The molecule has 0 fully saturated rings. The van der Waals surface area contributed by atoms with Crippen molar-refractivity contribution < 1.29 is 9.59 Å². The first-order valence-corrected chi connectivity index (χ1v) is 9.96. The number of hydrogen-bond donors (Lipinski definition) is 3. The number of hydrogen-bond acceptors (Lipinski definition) is 3. The highest BCUT2D eigenvalue weighted by Crippen LogP contribution is 2.16. The molecular weight excluding hydrogens is 382 g/mol. The number of carbonyl (C=O) groups is 2. The molecule has 6 heteroatoms. The van der Waals surface area contributed by atoms with Crippen LogP contribution in [0.2, 0.25) is 0 Å². The van der Waals surface area contributed by atoms with Gasteiger partial charge in [-0.25, -0.2) is 0 Å². The van der Waals surface area contributed by atoms with Crippen LogP contribution in [0.4, 0.5) is 11.4 Å². The molecule has 0 saturated carbocycles. The highest BCUT2D eigenvalue weighted by atomic mass is 32.1. The Bertz CT molecular complexity index is 885. The zero-order valence-corrected chi connectivity index (χ0v) is 18.0. The monoisotopic (exact) mass is 409 g/mol. The van der Waals surface area contributed by atoms with Crippen LogP contribution in [0.25, 0.3) is 6.08 Å². The van der Waals surface area contributed by atoms with Crippen molar-refractivity contribution in [3.63, 3.8) is 0 Å². The third-order valence-corrected chi connectivity index (χ3v) is 4.41. The van der Waals surface area contributed by atoms with E-state index >= 15 is 0 Å². The molecule has 2 aromatic carbocycles. The molecule has 0 aliphatic rings. The number of nitrogens with one attached hydrogen (secondary N) is 3. The quantitative estimate of drug-likeness (QED) is 0.467. The molecule has 3 N–H and O–H groups in total. The largest absolute Gasteiger partial charge is 0.332 e. The molecule has 0 radical (unpaired) electrons. The summed E-state index contributed by atoms with van der Waals surface area (Å²) < 4.78 is 0. The van der Waals surface area contributed by atoms with Crippen molar-refractivity contribution in [1.29, 1.82) is 0 Å². The average molecular weight is 410 g/mol. The molecule has 29 heavy (non-hydrogen) atoms. The maximum Gasteiger partial charge on any atom is 0.250 e. The molecule has 0 bridgehead atoms. The third kappa shape index (κ3) is 7.50. The van der Waals surface area contributed by atoms with Crippen LogP contribution in [0.5, 0.6) is 0 Å². The van der Waals surface area contributed by atoms with Crippen LogP contribution < -0.4 is 16.0 Å². The first-order valence-electron chi connectivity index (χ1n) is 9.55. The summed E-state index contributed by atoms with van der Waals surface area (Å²) >= 11 is 5.18. The molecule has 2 amide bonds. The molecule has 0 aliphatic heterocycles. The van der Waals surface area contributed by atoms with Gasteiger partial charge in [-0.3, -0.25) is 14.9 Å². The molecule has 0 aromatic heterocycles. The fourth-order valence-corrected chi connectivity index (χ4v) is 2.62. The number of anilines is 2. The summed E-state index contributed by atoms with van der Waals surface area (Å²) in [4.78, 5) is 23.8. The Kier molecular flexibility index (Phi) is 8.09. The Labute approximate surface area is 177 Å². The fourth-order valence-electron chi connectivity index (χ4n) is 2.40. The summed E-state index contributed by atoms with van der Waals surface area (Å²) in [6.45, 7) is 7.95. The van der Waals surface area contributed by atoms with Crippen LogP contribution in [-0.2, 0) is 9.59 Å². The summed E-state index contributed by atoms with van der Waals surface area (Å²) in [6.07, 6.45) is 3.19. The molecule has 5 nitrogen and oxygen atoms in total. The second kappa shape index (κ2) is 10.5. The van der Waals surface area contributed by atoms with Gasteiger partial charge >= 0.3 is 0 Å². The first-order chi connectivity index (χ1) is 13.7. The number of carbonyl (C=O) groups excluding carboxylic acids is 2. The summed E-state index contributed by atoms with van der Waals surface area (Å²) in [7, 11) is 0. The molecule has 0 saturated heterocycles. The zero-order valence-electron chi connectivity index (χ0n) is 17.2. The van der Waals surface area contributed by atoms with Gasteiger partial charge in [0, 0.05) is 23.4 Å². The predicted octanol–water partition coefficient (Wildman–Crippen LogP) is 4.93. The first kappa shape index (κ1) is 22.3. The van der Waals surface area contributed by atoms with E-state index in [1.165, 1.54) is 11.6 Å². The lowest BCUT2D eigenvalue weighted by Crippen LogP contribution is -2.32. The Morgan fingerprint density at radius 3 is 1.93 bits per heavy atom. The van der Waals surface area contributed by atoms with Crippen molar-refractivity contribution in [2.75, 3.05) is 10.6 Å². The van der Waals surface area contributed by atoms with Crippen molar-refractivity contribution >= 4 is 46.6 Å². The van der Waals surface area contributed by atoms with Crippen LogP contribution in [-0.4, -0.2) is 16.9 Å². The SMILES string of the molecule is CC(C)C(=O)Nc1ccc(NC(=S)NC(=O)C=Cc2ccc(C(C)C)cc2)cc1. The number of rotatable bonds is 6. The van der Waals surface area contributed by atoms with Gasteiger partial charge in [0.05, 0.1) is 0 Å². The van der Waals surface area contributed by atoms with Gasteiger partial charge in [0.1, 0.15) is 0 Å². The molecule has 0 atom stereocenters. The molecule has 0 spiro atoms. The second-order valence-corrected chi connectivity index (χ2v) is 7.73. The van der Waals surface area contributed by atoms with Crippen molar-refractivity contribution in [2.45, 2.75) is 33.6 Å². The van der Waals surface area contributed by atoms with E-state index < -0.39 is 0 Å². The van der Waals surface area contributed by atoms with Gasteiger partial charge < -0.3 is 10.6 Å². The highest BCUT2D eigenvalue weighted by Gasteiger charge is 2.07. The van der Waals surface area contributed by atoms with E-state index in [1.807, 2.05) is 26.0 Å². The zero-order chi connectivity index (χ0) is 21.4. The minimum absolute atomic E-state index is 0.0425. The maximum absolute atomic E-state index is 12.1. The van der Waals surface area contributed by atoms with Gasteiger partial charge in [0.15, 0.2) is 5.11 Å². The second-order valence-electron chi connectivity index (χ2n) is 7.32. The lowest BCUT2D eigenvalue weighted by Gasteiger charge is -2.10. The number of benzene rings is 2. The van der Waals surface area contributed by atoms with E-state index in [1.54, 1.807) is 30.3 Å². The Morgan fingerprint density at radius 2 is 1.41 bits per heavy atom. The minimum atomic E-state index is -0.309. The molecule has 2 aromatic rings. The van der Waals surface area contributed by atoms with Crippen molar-refractivity contribution in [2.24, 2.45) is 5.92 Å². The van der Waals surface area contributed by atoms with E-state index in [9.17, 15) is 9.59 Å². The number of thiocarbonyl (C=S) groups is 1. The summed E-state index contributed by atoms with van der Waals surface area (Å²) in [5.74, 6) is 0.0347. The van der Waals surface area contributed by atoms with Gasteiger partial charge in [-0.15, -0.1) is 0 Å². The average Bonchev–Trinajstić information content (AvgIpc) is 2.68. The molecule has 0 aliphatic carbocycles. The van der Waals surface area contributed by atoms with E-state index in [2.05, 4.69) is 41.9 Å². The van der Waals surface area contributed by atoms with E-state index in [4.69, 9.17) is 12.2 Å². The van der Waals surface area contributed by atoms with Gasteiger partial charge in [-0.2, -0.15) is 0 Å². The molecule has 2 rings (SSSR count). The number of amides is 2. The Hall–Kier alpha value is -2.99. The van der Waals surface area contributed by atoms with E-state index in [0.717, 1.165) is 5.56 Å². The lowest BCUT2D eigenvalue weighted by atomic mass is 10.0. The van der Waals surface area contributed by atoms with Crippen molar-refractivity contribution in [3.8, 4) is 0 Å². The van der Waals surface area contributed by atoms with Crippen LogP contribution in [0, 0.1) is 5.92 Å². The van der Waals surface area contributed by atoms with Crippen LogP contribution >= 0.6 is 12.2 Å². The molecular formula is C23H27N3O2S. The van der Waals surface area contributed by atoms with Gasteiger partial charge in [-0.05, 0) is 59.6 Å². The van der Waals surface area contributed by atoms with Gasteiger partial charge in [0.25, 0.3) is 0 Å². The Morgan fingerprint density at radius 1 is 0.862 bits per heavy atom. The summed E-state index contributed by atoms with van der Waals surface area (Å²) in [6, 6.07) is 15.2. The van der Waals surface area contributed by atoms with E-state index in [-0.39, 0.29) is 22.8 Å². The highest BCUT2D eigenvalue weighted by molar-refractivity contribution is 7.80. The maximum atomic E-state index is 12.1. The van der Waals surface area contributed by atoms with Crippen LogP contribution in [0.3, 0.4) is 0 Å². The van der Waals surface area contributed by atoms with Crippen molar-refractivity contribution in [1.82, 2.24) is 5.32 Å². The fraction of sp³-hybridized carbons (Fsp3) is 0.261. The van der Waals surface area contributed by atoms with Crippen LogP contribution in [0.15, 0.2) is 54.6 Å².